The third-order valence-corrected chi connectivity index (χ3v) is 9.21. The number of carbonyl (C=O) groups is 4. The zero-order valence-electron chi connectivity index (χ0n) is 26.4. The average molecular weight is 628 g/mol. The van der Waals surface area contributed by atoms with E-state index >= 15 is 0 Å². The second kappa shape index (κ2) is 15.0. The van der Waals surface area contributed by atoms with E-state index in [4.69, 9.17) is 14.2 Å². The lowest BCUT2D eigenvalue weighted by Crippen LogP contribution is -2.49. The van der Waals surface area contributed by atoms with Crippen molar-refractivity contribution in [1.29, 1.82) is 0 Å². The third kappa shape index (κ3) is 9.28. The van der Waals surface area contributed by atoms with Crippen molar-refractivity contribution in [3.05, 3.63) is 41.3 Å². The van der Waals surface area contributed by atoms with Crippen LogP contribution in [-0.2, 0) is 23.8 Å². The molecule has 10 nitrogen and oxygen atoms in total. The first kappa shape index (κ1) is 33.5. The Bertz CT molecular complexity index is 1290. The molecule has 1 N–H and O–H groups in total. The molecule has 2 amide bonds. The maximum atomic E-state index is 14.3. The van der Waals surface area contributed by atoms with Gasteiger partial charge in [0.15, 0.2) is 0 Å². The Morgan fingerprint density at radius 2 is 1.64 bits per heavy atom. The Hall–Kier alpha value is -3.44. The van der Waals surface area contributed by atoms with Crippen LogP contribution in [0.2, 0.25) is 0 Å². The average Bonchev–Trinajstić information content (AvgIpc) is 3.42. The van der Waals surface area contributed by atoms with Gasteiger partial charge in [0.2, 0.25) is 12.7 Å². The van der Waals surface area contributed by atoms with Gasteiger partial charge >= 0.3 is 18.0 Å². The number of hydrogen-bond acceptors (Lipinski definition) is 9. The Kier molecular flexibility index (Phi) is 11.4. The first-order chi connectivity index (χ1) is 20.9. The van der Waals surface area contributed by atoms with Gasteiger partial charge in [-0.3, -0.25) is 9.59 Å². The number of piperidine rings is 1. The normalized spacial score (nSPS) is 19.6. The highest BCUT2D eigenvalue weighted by Crippen LogP contribution is 2.41. The largest absolute Gasteiger partial charge is 0.444 e. The molecule has 0 atom stereocenters. The van der Waals surface area contributed by atoms with E-state index < -0.39 is 37.0 Å². The summed E-state index contributed by atoms with van der Waals surface area (Å²) in [5.41, 5.74) is 0.772. The van der Waals surface area contributed by atoms with Gasteiger partial charge in [0.05, 0.1) is 5.69 Å². The van der Waals surface area contributed by atoms with Crippen molar-refractivity contribution in [3.63, 3.8) is 0 Å². The van der Waals surface area contributed by atoms with Gasteiger partial charge in [0.25, 0.3) is 0 Å². The first-order valence-corrected chi connectivity index (χ1v) is 16.2. The molecule has 1 saturated carbocycles. The van der Waals surface area contributed by atoms with E-state index in [1.807, 2.05) is 41.3 Å². The van der Waals surface area contributed by atoms with Gasteiger partial charge in [0.1, 0.15) is 17.0 Å². The number of alkyl carbamates (subject to hydrolysis) is 1. The first-order valence-electron chi connectivity index (χ1n) is 15.4. The minimum absolute atomic E-state index is 0.0421. The highest BCUT2D eigenvalue weighted by molar-refractivity contribution is 7.18. The zero-order valence-corrected chi connectivity index (χ0v) is 27.2. The van der Waals surface area contributed by atoms with E-state index in [1.54, 1.807) is 20.8 Å². The predicted molar refractivity (Wildman–Crippen MR) is 169 cm³/mol. The maximum absolute atomic E-state index is 14.3. The second-order valence-corrected chi connectivity index (χ2v) is 13.9. The molecule has 2 aromatic rings. The summed E-state index contributed by atoms with van der Waals surface area (Å²) in [5, 5.41) is 2.32. The SMILES string of the molecule is CC1CCC(C(=O)N(c2cc(-c3ccccc3)sc2C(=O)OCOC(=O)CNC(=O)OC(C)(C)C)C2CCN(C)CC2)CC1. The number of amides is 2. The van der Waals surface area contributed by atoms with Crippen molar-refractivity contribution >= 4 is 41.0 Å². The van der Waals surface area contributed by atoms with Crippen LogP contribution in [0.4, 0.5) is 10.5 Å². The summed E-state index contributed by atoms with van der Waals surface area (Å²) in [4.78, 5) is 57.1. The molecule has 0 unspecified atom stereocenters. The van der Waals surface area contributed by atoms with Crippen molar-refractivity contribution in [2.24, 2.45) is 11.8 Å². The number of anilines is 1. The lowest BCUT2D eigenvalue weighted by atomic mass is 9.82. The van der Waals surface area contributed by atoms with Crippen LogP contribution >= 0.6 is 11.3 Å². The topological polar surface area (TPSA) is 114 Å². The highest BCUT2D eigenvalue weighted by atomic mass is 32.1. The van der Waals surface area contributed by atoms with Crippen LogP contribution in [-0.4, -0.2) is 74.0 Å². The molecule has 0 spiro atoms. The van der Waals surface area contributed by atoms with E-state index in [9.17, 15) is 19.2 Å². The molecule has 4 rings (SSSR count). The number of ether oxygens (including phenoxy) is 3. The number of hydrogen-bond donors (Lipinski definition) is 1. The Morgan fingerprint density at radius 3 is 2.27 bits per heavy atom. The van der Waals surface area contributed by atoms with Crippen LogP contribution in [0.3, 0.4) is 0 Å². The van der Waals surface area contributed by atoms with Gasteiger partial charge in [-0.15, -0.1) is 11.3 Å². The fourth-order valence-corrected chi connectivity index (χ4v) is 6.68. The van der Waals surface area contributed by atoms with Crippen LogP contribution in [0.15, 0.2) is 36.4 Å². The lowest BCUT2D eigenvalue weighted by molar-refractivity contribution is -0.151. The number of carbonyl (C=O) groups excluding carboxylic acids is 4. The Balaban J connectivity index is 1.54. The molecule has 1 aliphatic carbocycles. The number of likely N-dealkylation sites (tertiary alicyclic amines) is 1. The third-order valence-electron chi connectivity index (χ3n) is 8.06. The summed E-state index contributed by atoms with van der Waals surface area (Å²) >= 11 is 1.26. The second-order valence-electron chi connectivity index (χ2n) is 12.8. The highest BCUT2D eigenvalue weighted by Gasteiger charge is 2.37. The van der Waals surface area contributed by atoms with E-state index in [0.29, 0.717) is 16.5 Å². The molecular formula is C33H45N3O7S. The van der Waals surface area contributed by atoms with Crippen LogP contribution in [0.5, 0.6) is 0 Å². The number of nitrogens with one attached hydrogen (secondary N) is 1. The van der Waals surface area contributed by atoms with E-state index in [-0.39, 0.29) is 17.9 Å². The van der Waals surface area contributed by atoms with Gasteiger partial charge in [-0.25, -0.2) is 9.59 Å². The van der Waals surface area contributed by atoms with Crippen molar-refractivity contribution in [2.75, 3.05) is 38.4 Å². The number of thiophene rings is 1. The number of esters is 2. The molecular weight excluding hydrogens is 582 g/mol. The molecule has 1 aromatic heterocycles. The molecule has 2 aliphatic rings. The van der Waals surface area contributed by atoms with Crippen molar-refractivity contribution in [1.82, 2.24) is 10.2 Å². The van der Waals surface area contributed by atoms with Gasteiger partial charge < -0.3 is 29.3 Å². The summed E-state index contributed by atoms with van der Waals surface area (Å²) < 4.78 is 15.6. The quantitative estimate of drug-likeness (QED) is 0.272. The summed E-state index contributed by atoms with van der Waals surface area (Å²) in [6, 6.07) is 11.6. The molecule has 1 aromatic carbocycles. The van der Waals surface area contributed by atoms with Gasteiger partial charge in [-0.05, 0) is 97.0 Å². The van der Waals surface area contributed by atoms with E-state index in [2.05, 4.69) is 24.2 Å². The molecule has 11 heteroatoms. The van der Waals surface area contributed by atoms with Crippen molar-refractivity contribution < 1.29 is 33.4 Å². The van der Waals surface area contributed by atoms with Crippen LogP contribution in [0.25, 0.3) is 10.4 Å². The van der Waals surface area contributed by atoms with E-state index in [1.165, 1.54) is 11.3 Å². The standard InChI is InChI=1S/C33H45N3O7S/c1-22-11-13-24(14-12-22)30(38)36(25-15-17-35(5)18-16-25)26-19-27(23-9-7-6-8-10-23)44-29(26)31(39)42-21-41-28(37)20-34-32(40)43-33(2,3)4/h6-10,19,22,24-25H,11-18,20-21H2,1-5H3,(H,34,40). The summed E-state index contributed by atoms with van der Waals surface area (Å²) in [6.45, 7) is 8.02. The van der Waals surface area contributed by atoms with Gasteiger partial charge in [0, 0.05) is 16.8 Å². The molecule has 2 fully saturated rings. The maximum Gasteiger partial charge on any atom is 0.408 e. The minimum Gasteiger partial charge on any atom is -0.444 e. The van der Waals surface area contributed by atoms with Crippen molar-refractivity contribution in [2.45, 2.75) is 77.9 Å². The molecule has 2 heterocycles. The van der Waals surface area contributed by atoms with Gasteiger partial charge in [-0.1, -0.05) is 37.3 Å². The van der Waals surface area contributed by atoms with Crippen LogP contribution in [0.1, 0.15) is 75.9 Å². The van der Waals surface area contributed by atoms with Gasteiger partial charge in [-0.2, -0.15) is 0 Å². The lowest BCUT2D eigenvalue weighted by Gasteiger charge is -2.40. The number of nitrogens with zero attached hydrogens (tertiary/aromatic N) is 2. The summed E-state index contributed by atoms with van der Waals surface area (Å²) in [7, 11) is 2.08. The minimum atomic E-state index is -0.783. The fourth-order valence-electron chi connectivity index (χ4n) is 5.63. The molecule has 0 bridgehead atoms. The van der Waals surface area contributed by atoms with Crippen molar-refractivity contribution in [3.8, 4) is 10.4 Å². The molecule has 44 heavy (non-hydrogen) atoms. The van der Waals surface area contributed by atoms with Crippen LogP contribution in [0, 0.1) is 11.8 Å². The molecule has 0 radical (unpaired) electrons. The monoisotopic (exact) mass is 627 g/mol. The summed E-state index contributed by atoms with van der Waals surface area (Å²) in [5.74, 6) is -0.877. The molecule has 240 valence electrons. The smallest absolute Gasteiger partial charge is 0.408 e. The Morgan fingerprint density at radius 1 is 0.977 bits per heavy atom. The zero-order chi connectivity index (χ0) is 31.9. The molecule has 1 saturated heterocycles. The predicted octanol–water partition coefficient (Wildman–Crippen LogP) is 5.85. The van der Waals surface area contributed by atoms with Crippen LogP contribution < -0.4 is 10.2 Å². The van der Waals surface area contributed by atoms with E-state index in [0.717, 1.165) is 62.1 Å². The Labute approximate surface area is 264 Å². The number of rotatable bonds is 9. The summed E-state index contributed by atoms with van der Waals surface area (Å²) in [6.07, 6.45) is 4.56. The fraction of sp³-hybridized carbons (Fsp3) is 0.576. The number of benzene rings is 1. The molecule has 1 aliphatic heterocycles.